The van der Waals surface area contributed by atoms with Crippen LogP contribution in [-0.4, -0.2) is 35.3 Å². The second kappa shape index (κ2) is 6.18. The molecule has 4 rings (SSSR count). The van der Waals surface area contributed by atoms with E-state index in [0.29, 0.717) is 22.0 Å². The number of rotatable bonds is 3. The van der Waals surface area contributed by atoms with E-state index >= 15 is 0 Å². The molecule has 2 fully saturated rings. The van der Waals surface area contributed by atoms with E-state index in [2.05, 4.69) is 27.5 Å². The van der Waals surface area contributed by atoms with E-state index in [1.165, 1.54) is 12.1 Å². The number of aromatic nitrogens is 1. The molecule has 0 N–H and O–H groups in total. The quantitative estimate of drug-likeness (QED) is 0.497. The fourth-order valence-electron chi connectivity index (χ4n) is 3.69. The highest BCUT2D eigenvalue weighted by Gasteiger charge is 2.61. The monoisotopic (exact) mass is 377 g/mol. The molecule has 0 radical (unpaired) electrons. The van der Waals surface area contributed by atoms with Crippen molar-refractivity contribution < 1.29 is 9.13 Å². The fourth-order valence-corrected chi connectivity index (χ4v) is 4.31. The Hall–Kier alpha value is -1.79. The maximum Gasteiger partial charge on any atom is 0.213 e. The van der Waals surface area contributed by atoms with Crippen molar-refractivity contribution >= 4 is 35.1 Å². The topological polar surface area (TPSA) is 37.7 Å². The van der Waals surface area contributed by atoms with Gasteiger partial charge in [-0.15, -0.1) is 12.6 Å². The first-order chi connectivity index (χ1) is 12.0. The van der Waals surface area contributed by atoms with E-state index < -0.39 is 0 Å². The van der Waals surface area contributed by atoms with Crippen LogP contribution in [0, 0.1) is 11.7 Å². The number of methoxy groups -OCH3 is 1. The molecule has 2 heterocycles. The number of hydrogen-bond acceptors (Lipinski definition) is 3. The number of nitrogens with zero attached hydrogens (tertiary/aromatic N) is 3. The summed E-state index contributed by atoms with van der Waals surface area (Å²) in [5, 5.41) is 1.15. The van der Waals surface area contributed by atoms with Gasteiger partial charge in [0, 0.05) is 29.6 Å². The Morgan fingerprint density at radius 2 is 2.28 bits per heavy atom. The largest absolute Gasteiger partial charge is 0.481 e. The number of aliphatic imine (C=N–C) groups is 1. The summed E-state index contributed by atoms with van der Waals surface area (Å²) in [4.78, 5) is 10.8. The first-order valence-electron chi connectivity index (χ1n) is 8.00. The number of amidine groups is 1. The summed E-state index contributed by atoms with van der Waals surface area (Å²) in [5.74, 6) is 0.745. The van der Waals surface area contributed by atoms with Crippen LogP contribution < -0.4 is 4.74 Å². The standard InChI is InChI=1S/C18H17ClFN3OS/c1-24-16-5-3-13(8-21-16)22-17(25)23-9-11-7-18(11,10-23)14-4-2-12(20)6-15(14)19/h2-6,8,11H,7,9-10H2,1H3,(H,22,25)/t11-,18-/m0/s1. The van der Waals surface area contributed by atoms with Crippen LogP contribution >= 0.6 is 24.2 Å². The normalized spacial score (nSPS) is 25.0. The number of fused-ring (bicyclic) bond motifs is 1. The van der Waals surface area contributed by atoms with Gasteiger partial charge in [-0.3, -0.25) is 0 Å². The Kier molecular flexibility index (Phi) is 4.12. The predicted octanol–water partition coefficient (Wildman–Crippen LogP) is 4.07. The molecule has 1 aromatic heterocycles. The number of pyridine rings is 1. The van der Waals surface area contributed by atoms with Gasteiger partial charge in [0.05, 0.1) is 19.0 Å². The van der Waals surface area contributed by atoms with E-state index in [1.54, 1.807) is 19.4 Å². The molecule has 4 nitrogen and oxygen atoms in total. The lowest BCUT2D eigenvalue weighted by atomic mass is 9.95. The molecule has 25 heavy (non-hydrogen) atoms. The molecular weight excluding hydrogens is 361 g/mol. The minimum Gasteiger partial charge on any atom is -0.481 e. The highest BCUT2D eigenvalue weighted by Crippen LogP contribution is 2.60. The zero-order valence-corrected chi connectivity index (χ0v) is 15.3. The highest BCUT2D eigenvalue weighted by atomic mass is 35.5. The number of benzene rings is 1. The molecule has 1 saturated carbocycles. The van der Waals surface area contributed by atoms with Crippen molar-refractivity contribution in [3.05, 3.63) is 52.9 Å². The summed E-state index contributed by atoms with van der Waals surface area (Å²) in [6, 6.07) is 8.28. The Morgan fingerprint density at radius 3 is 2.96 bits per heavy atom. The van der Waals surface area contributed by atoms with Gasteiger partial charge < -0.3 is 9.64 Å². The van der Waals surface area contributed by atoms with Gasteiger partial charge in [-0.05, 0) is 36.1 Å². The van der Waals surface area contributed by atoms with E-state index in [0.717, 1.165) is 30.8 Å². The molecule has 0 amide bonds. The Balaban J connectivity index is 1.53. The highest BCUT2D eigenvalue weighted by molar-refractivity contribution is 7.96. The summed E-state index contributed by atoms with van der Waals surface area (Å²) in [5.41, 5.74) is 1.74. The Labute approximate surface area is 156 Å². The van der Waals surface area contributed by atoms with Gasteiger partial charge in [-0.2, -0.15) is 0 Å². The number of likely N-dealkylation sites (tertiary alicyclic amines) is 1. The van der Waals surface area contributed by atoms with Gasteiger partial charge in [-0.1, -0.05) is 17.7 Å². The molecule has 1 saturated heterocycles. The first-order valence-corrected chi connectivity index (χ1v) is 8.82. The average Bonchev–Trinajstić information content (AvgIpc) is 3.16. The number of thiol groups is 1. The number of ether oxygens (including phenoxy) is 1. The lowest BCUT2D eigenvalue weighted by Crippen LogP contribution is -2.29. The zero-order valence-electron chi connectivity index (χ0n) is 13.6. The lowest BCUT2D eigenvalue weighted by Gasteiger charge is -2.22. The number of hydrogen-bond donors (Lipinski definition) is 1. The van der Waals surface area contributed by atoms with Crippen LogP contribution in [0.25, 0.3) is 0 Å². The van der Waals surface area contributed by atoms with Crippen molar-refractivity contribution in [3.63, 3.8) is 0 Å². The van der Waals surface area contributed by atoms with Crippen molar-refractivity contribution in [2.75, 3.05) is 20.2 Å². The van der Waals surface area contributed by atoms with Crippen LogP contribution in [0.15, 0.2) is 41.5 Å². The SMILES string of the molecule is COc1ccc(/N=C(/S)N2C[C@@H]3C[C@]3(c3ccc(F)cc3Cl)C2)cn1. The summed E-state index contributed by atoms with van der Waals surface area (Å²) in [6.07, 6.45) is 2.72. The Morgan fingerprint density at radius 1 is 1.44 bits per heavy atom. The van der Waals surface area contributed by atoms with Gasteiger partial charge in [0.2, 0.25) is 5.88 Å². The maximum atomic E-state index is 13.3. The number of piperidine rings is 1. The van der Waals surface area contributed by atoms with Gasteiger partial charge >= 0.3 is 0 Å². The molecule has 1 aliphatic heterocycles. The van der Waals surface area contributed by atoms with Crippen LogP contribution in [0.1, 0.15) is 12.0 Å². The molecule has 0 bridgehead atoms. The molecule has 7 heteroatoms. The molecule has 0 spiro atoms. The van der Waals surface area contributed by atoms with Gasteiger partial charge in [0.15, 0.2) is 5.17 Å². The molecule has 2 atom stereocenters. The molecule has 0 unspecified atom stereocenters. The predicted molar refractivity (Wildman–Crippen MR) is 99.6 cm³/mol. The van der Waals surface area contributed by atoms with Crippen molar-refractivity contribution in [1.29, 1.82) is 0 Å². The van der Waals surface area contributed by atoms with Gasteiger partial charge in [0.1, 0.15) is 5.82 Å². The molecule has 1 aromatic carbocycles. The van der Waals surface area contributed by atoms with E-state index in [9.17, 15) is 4.39 Å². The fraction of sp³-hybridized carbons (Fsp3) is 0.333. The van der Waals surface area contributed by atoms with Crippen LogP contribution in [-0.2, 0) is 5.41 Å². The van der Waals surface area contributed by atoms with E-state index in [4.69, 9.17) is 16.3 Å². The third-order valence-corrected chi connectivity index (χ3v) is 5.75. The summed E-state index contributed by atoms with van der Waals surface area (Å²) < 4.78 is 18.4. The molecular formula is C18H17ClFN3OS. The summed E-state index contributed by atoms with van der Waals surface area (Å²) in [6.45, 7) is 1.66. The van der Waals surface area contributed by atoms with Crippen LogP contribution in [0.2, 0.25) is 5.02 Å². The van der Waals surface area contributed by atoms with Gasteiger partial charge in [-0.25, -0.2) is 14.4 Å². The molecule has 2 aliphatic rings. The van der Waals surface area contributed by atoms with Crippen molar-refractivity contribution in [3.8, 4) is 5.88 Å². The maximum absolute atomic E-state index is 13.3. The van der Waals surface area contributed by atoms with Crippen molar-refractivity contribution in [2.24, 2.45) is 10.9 Å². The Bertz CT molecular complexity index is 845. The van der Waals surface area contributed by atoms with Crippen LogP contribution in [0.5, 0.6) is 5.88 Å². The molecule has 2 aromatic rings. The van der Waals surface area contributed by atoms with Crippen LogP contribution in [0.4, 0.5) is 10.1 Å². The van der Waals surface area contributed by atoms with Crippen molar-refractivity contribution in [1.82, 2.24) is 9.88 Å². The third kappa shape index (κ3) is 2.98. The third-order valence-electron chi connectivity index (χ3n) is 5.06. The minimum absolute atomic E-state index is 0.00750. The second-order valence-electron chi connectivity index (χ2n) is 6.53. The average molecular weight is 378 g/mol. The smallest absolute Gasteiger partial charge is 0.213 e. The summed E-state index contributed by atoms with van der Waals surface area (Å²) in [7, 11) is 1.58. The number of halogens is 2. The molecule has 1 aliphatic carbocycles. The first kappa shape index (κ1) is 16.7. The minimum atomic E-state index is -0.305. The lowest BCUT2D eigenvalue weighted by molar-refractivity contribution is 0.398. The molecule has 130 valence electrons. The van der Waals surface area contributed by atoms with E-state index in [1.807, 2.05) is 12.1 Å². The summed E-state index contributed by atoms with van der Waals surface area (Å²) >= 11 is 10.8. The zero-order chi connectivity index (χ0) is 17.6. The van der Waals surface area contributed by atoms with E-state index in [-0.39, 0.29) is 11.2 Å². The van der Waals surface area contributed by atoms with Crippen LogP contribution in [0.3, 0.4) is 0 Å². The van der Waals surface area contributed by atoms with Gasteiger partial charge in [0.25, 0.3) is 0 Å². The second-order valence-corrected chi connectivity index (χ2v) is 7.34. The van der Waals surface area contributed by atoms with Crippen molar-refractivity contribution in [2.45, 2.75) is 11.8 Å².